The predicted octanol–water partition coefficient (Wildman–Crippen LogP) is 3.54. The monoisotopic (exact) mass is 593 g/mol. The van der Waals surface area contributed by atoms with Gasteiger partial charge in [0.1, 0.15) is 12.1 Å². The van der Waals surface area contributed by atoms with Gasteiger partial charge in [0.15, 0.2) is 0 Å². The quantitative estimate of drug-likeness (QED) is 0.249. The second-order valence-corrected chi connectivity index (χ2v) is 13.4. The van der Waals surface area contributed by atoms with Crippen molar-refractivity contribution in [3.63, 3.8) is 0 Å². The van der Waals surface area contributed by atoms with Crippen LogP contribution in [0.3, 0.4) is 0 Å². The standard InChI is InChI=1S/C34H51N5O4/c1-22(2)18-27(19-23(3)4)32(42)39-17-9-12-29(39)31(41)38-28(30(40)36-15-16-37-33(43)34(5,6)35)21-24-13-14-25-10-7-8-11-26(25)20-24/h7-8,10-11,13-14,20,22-23,27-29H,9,12,15-19,21,35H2,1-6H3,(H,36,40)(H,37,43)(H,38,41). The average molecular weight is 594 g/mol. The Morgan fingerprint density at radius 3 is 2.19 bits per heavy atom. The molecular weight excluding hydrogens is 542 g/mol. The van der Waals surface area contributed by atoms with E-state index in [2.05, 4.69) is 43.6 Å². The molecule has 0 aliphatic carbocycles. The van der Waals surface area contributed by atoms with Crippen LogP contribution in [0.2, 0.25) is 0 Å². The summed E-state index contributed by atoms with van der Waals surface area (Å²) in [5.74, 6) is -0.319. The molecule has 4 amide bonds. The van der Waals surface area contributed by atoms with Crippen LogP contribution < -0.4 is 21.7 Å². The van der Waals surface area contributed by atoms with Gasteiger partial charge < -0.3 is 26.6 Å². The topological polar surface area (TPSA) is 134 Å². The molecule has 0 radical (unpaired) electrons. The van der Waals surface area contributed by atoms with Crippen LogP contribution in [-0.4, -0.2) is 65.8 Å². The molecule has 9 heteroatoms. The van der Waals surface area contributed by atoms with Crippen LogP contribution in [-0.2, 0) is 25.6 Å². The van der Waals surface area contributed by atoms with Gasteiger partial charge >= 0.3 is 0 Å². The number of amides is 4. The van der Waals surface area contributed by atoms with Crippen molar-refractivity contribution < 1.29 is 19.2 Å². The normalized spacial score (nSPS) is 16.1. The molecule has 236 valence electrons. The molecule has 0 bridgehead atoms. The molecule has 1 heterocycles. The fraction of sp³-hybridized carbons (Fsp3) is 0.588. The van der Waals surface area contributed by atoms with Gasteiger partial charge in [-0.3, -0.25) is 19.2 Å². The number of nitrogens with zero attached hydrogens (tertiary/aromatic N) is 1. The molecule has 1 saturated heterocycles. The Kier molecular flexibility index (Phi) is 12.1. The third-order valence-corrected chi connectivity index (χ3v) is 7.88. The smallest absolute Gasteiger partial charge is 0.243 e. The number of carbonyl (C=O) groups excluding carboxylic acids is 4. The molecule has 9 nitrogen and oxygen atoms in total. The number of hydrogen-bond acceptors (Lipinski definition) is 5. The Bertz CT molecular complexity index is 1260. The zero-order valence-corrected chi connectivity index (χ0v) is 26.7. The number of benzene rings is 2. The number of fused-ring (bicyclic) bond motifs is 1. The van der Waals surface area contributed by atoms with Crippen LogP contribution in [0.25, 0.3) is 10.8 Å². The summed E-state index contributed by atoms with van der Waals surface area (Å²) in [5.41, 5.74) is 5.72. The molecule has 0 spiro atoms. The number of nitrogens with one attached hydrogen (secondary N) is 3. The molecule has 1 aliphatic heterocycles. The lowest BCUT2D eigenvalue weighted by Gasteiger charge is -2.31. The third kappa shape index (κ3) is 10.1. The van der Waals surface area contributed by atoms with Gasteiger partial charge in [0, 0.05) is 32.0 Å². The van der Waals surface area contributed by atoms with Crippen molar-refractivity contribution in [1.82, 2.24) is 20.9 Å². The second kappa shape index (κ2) is 15.3. The van der Waals surface area contributed by atoms with Crippen molar-refractivity contribution in [1.29, 1.82) is 0 Å². The molecule has 2 unspecified atom stereocenters. The highest BCUT2D eigenvalue weighted by Crippen LogP contribution is 2.27. The van der Waals surface area contributed by atoms with E-state index in [4.69, 9.17) is 5.73 Å². The molecule has 43 heavy (non-hydrogen) atoms. The summed E-state index contributed by atoms with van der Waals surface area (Å²) in [6, 6.07) is 12.5. The van der Waals surface area contributed by atoms with E-state index in [0.29, 0.717) is 24.8 Å². The summed E-state index contributed by atoms with van der Waals surface area (Å²) < 4.78 is 0. The van der Waals surface area contributed by atoms with Crippen LogP contribution in [0.15, 0.2) is 42.5 Å². The van der Waals surface area contributed by atoms with E-state index < -0.39 is 17.6 Å². The fourth-order valence-electron chi connectivity index (χ4n) is 5.76. The van der Waals surface area contributed by atoms with Crippen molar-refractivity contribution in [2.75, 3.05) is 19.6 Å². The maximum atomic E-state index is 13.7. The molecule has 1 aliphatic rings. The minimum absolute atomic E-state index is 0.0363. The molecule has 5 N–H and O–H groups in total. The lowest BCUT2D eigenvalue weighted by Crippen LogP contribution is -2.55. The highest BCUT2D eigenvalue weighted by atomic mass is 16.2. The average Bonchev–Trinajstić information content (AvgIpc) is 3.43. The maximum Gasteiger partial charge on any atom is 0.243 e. The van der Waals surface area contributed by atoms with E-state index in [1.165, 1.54) is 0 Å². The summed E-state index contributed by atoms with van der Waals surface area (Å²) in [6.07, 6.45) is 3.17. The third-order valence-electron chi connectivity index (χ3n) is 7.88. The Labute approximate surface area is 256 Å². The molecule has 2 atom stereocenters. The Morgan fingerprint density at radius 1 is 0.930 bits per heavy atom. The summed E-state index contributed by atoms with van der Waals surface area (Å²) in [5, 5.41) is 10.7. The van der Waals surface area contributed by atoms with Crippen molar-refractivity contribution in [2.45, 2.75) is 91.3 Å². The summed E-state index contributed by atoms with van der Waals surface area (Å²) in [6.45, 7) is 12.6. The SMILES string of the molecule is CC(C)CC(CC(C)C)C(=O)N1CCCC1C(=O)NC(Cc1ccc2ccccc2c1)C(=O)NCCNC(=O)C(C)(C)N. The van der Waals surface area contributed by atoms with Gasteiger partial charge in [-0.1, -0.05) is 70.2 Å². The highest BCUT2D eigenvalue weighted by molar-refractivity contribution is 5.93. The number of rotatable bonds is 14. The number of hydrogen-bond donors (Lipinski definition) is 4. The van der Waals surface area contributed by atoms with E-state index in [0.717, 1.165) is 35.6 Å². The van der Waals surface area contributed by atoms with Crippen LogP contribution in [0.4, 0.5) is 0 Å². The lowest BCUT2D eigenvalue weighted by atomic mass is 9.88. The molecule has 3 rings (SSSR count). The molecule has 0 saturated carbocycles. The largest absolute Gasteiger partial charge is 0.353 e. The predicted molar refractivity (Wildman–Crippen MR) is 171 cm³/mol. The Balaban J connectivity index is 1.75. The highest BCUT2D eigenvalue weighted by Gasteiger charge is 2.38. The second-order valence-electron chi connectivity index (χ2n) is 13.4. The van der Waals surface area contributed by atoms with Gasteiger partial charge in [-0.25, -0.2) is 0 Å². The Hall–Kier alpha value is -3.46. The van der Waals surface area contributed by atoms with E-state index in [-0.39, 0.29) is 49.1 Å². The minimum Gasteiger partial charge on any atom is -0.353 e. The van der Waals surface area contributed by atoms with E-state index in [1.54, 1.807) is 18.7 Å². The zero-order valence-electron chi connectivity index (χ0n) is 26.7. The van der Waals surface area contributed by atoms with Gasteiger partial charge in [-0.2, -0.15) is 0 Å². The molecule has 1 fully saturated rings. The van der Waals surface area contributed by atoms with E-state index in [9.17, 15) is 19.2 Å². The fourth-order valence-corrected chi connectivity index (χ4v) is 5.76. The van der Waals surface area contributed by atoms with Crippen molar-refractivity contribution in [3.05, 3.63) is 48.0 Å². The molecule has 2 aromatic carbocycles. The first-order valence-corrected chi connectivity index (χ1v) is 15.7. The van der Waals surface area contributed by atoms with Crippen LogP contribution in [0.5, 0.6) is 0 Å². The van der Waals surface area contributed by atoms with Gasteiger partial charge in [-0.15, -0.1) is 0 Å². The van der Waals surface area contributed by atoms with Crippen molar-refractivity contribution >= 4 is 34.4 Å². The molecule has 0 aromatic heterocycles. The van der Waals surface area contributed by atoms with Gasteiger partial charge in [0.05, 0.1) is 5.54 Å². The van der Waals surface area contributed by atoms with Crippen molar-refractivity contribution in [3.8, 4) is 0 Å². The van der Waals surface area contributed by atoms with E-state index in [1.807, 2.05) is 42.5 Å². The van der Waals surface area contributed by atoms with Gasteiger partial charge in [0.2, 0.25) is 23.6 Å². The number of nitrogens with two attached hydrogens (primary N) is 1. The summed E-state index contributed by atoms with van der Waals surface area (Å²) >= 11 is 0. The van der Waals surface area contributed by atoms with Crippen LogP contribution >= 0.6 is 0 Å². The van der Waals surface area contributed by atoms with E-state index >= 15 is 0 Å². The van der Waals surface area contributed by atoms with Gasteiger partial charge in [0.25, 0.3) is 0 Å². The molecular formula is C34H51N5O4. The number of carbonyl (C=O) groups is 4. The van der Waals surface area contributed by atoms with Crippen LogP contribution in [0, 0.1) is 17.8 Å². The summed E-state index contributed by atoms with van der Waals surface area (Å²) in [7, 11) is 0. The van der Waals surface area contributed by atoms with Crippen LogP contribution in [0.1, 0.15) is 72.8 Å². The Morgan fingerprint density at radius 2 is 1.56 bits per heavy atom. The zero-order chi connectivity index (χ0) is 31.7. The maximum absolute atomic E-state index is 13.7. The first kappa shape index (κ1) is 34.0. The van der Waals surface area contributed by atoms with Gasteiger partial charge in [-0.05, 0) is 67.7 Å². The first-order valence-electron chi connectivity index (χ1n) is 15.7. The summed E-state index contributed by atoms with van der Waals surface area (Å²) in [4.78, 5) is 54.7. The minimum atomic E-state index is -1.02. The first-order chi connectivity index (χ1) is 20.3. The number of likely N-dealkylation sites (tertiary alicyclic amines) is 1. The van der Waals surface area contributed by atoms with Crippen molar-refractivity contribution in [2.24, 2.45) is 23.5 Å². The molecule has 2 aromatic rings. The lowest BCUT2D eigenvalue weighted by molar-refractivity contribution is -0.143.